The minimum absolute atomic E-state index is 0.0698. The van der Waals surface area contributed by atoms with Gasteiger partial charge in [-0.15, -0.1) is 0 Å². The molecule has 5 rings (SSSR count). The molecule has 1 aliphatic carbocycles. The number of hydrogen-bond acceptors (Lipinski definition) is 5. The molecule has 0 spiro atoms. The van der Waals surface area contributed by atoms with Crippen molar-refractivity contribution >= 4 is 21.7 Å². The summed E-state index contributed by atoms with van der Waals surface area (Å²) in [6.07, 6.45) is 2.94. The van der Waals surface area contributed by atoms with Crippen molar-refractivity contribution in [2.75, 3.05) is 13.2 Å². The van der Waals surface area contributed by atoms with Crippen molar-refractivity contribution in [3.05, 3.63) is 77.0 Å². The lowest BCUT2D eigenvalue weighted by Gasteiger charge is -2.14. The third kappa shape index (κ3) is 3.73. The summed E-state index contributed by atoms with van der Waals surface area (Å²) < 4.78 is 5.87. The van der Waals surface area contributed by atoms with E-state index in [1.54, 1.807) is 11.3 Å². The molecule has 158 valence electrons. The predicted octanol–water partition coefficient (Wildman–Crippen LogP) is 5.82. The summed E-state index contributed by atoms with van der Waals surface area (Å²) in [5, 5.41) is 9.97. The number of pyridine rings is 1. The smallest absolute Gasteiger partial charge is 0.144 e. The average molecular weight is 431 g/mol. The van der Waals surface area contributed by atoms with E-state index in [9.17, 15) is 0 Å². The van der Waals surface area contributed by atoms with Crippen molar-refractivity contribution in [1.82, 2.24) is 9.97 Å². The zero-order valence-electron chi connectivity index (χ0n) is 17.9. The minimum atomic E-state index is 0.0698. The van der Waals surface area contributed by atoms with E-state index in [2.05, 4.69) is 68.4 Å². The highest BCUT2D eigenvalue weighted by molar-refractivity contribution is 7.21. The number of fused-ring (bicyclic) bond motifs is 1. The molecule has 4 nitrogen and oxygen atoms in total. The van der Waals surface area contributed by atoms with Crippen LogP contribution in [0.15, 0.2) is 54.6 Å². The highest BCUT2D eigenvalue weighted by atomic mass is 32.1. The number of aryl methyl sites for hydroxylation is 2. The number of nitrogens with zero attached hydrogens (tertiary/aromatic N) is 2. The van der Waals surface area contributed by atoms with Gasteiger partial charge in [-0.05, 0) is 67.6 Å². The molecule has 1 saturated carbocycles. The Balaban J connectivity index is 1.47. The maximum atomic E-state index is 8.99. The van der Waals surface area contributed by atoms with Crippen LogP contribution in [0, 0.1) is 13.8 Å². The SMILES string of the molecule is Cc1cc(-c2nc3ccc(C4(c5ccccc5)CC4)nc3s2)cc(C)c1OCCCO. The summed E-state index contributed by atoms with van der Waals surface area (Å²) in [7, 11) is 0. The Morgan fingerprint density at radius 1 is 1.00 bits per heavy atom. The van der Waals surface area contributed by atoms with Crippen LogP contribution in [0.25, 0.3) is 20.9 Å². The van der Waals surface area contributed by atoms with Gasteiger partial charge in [0.15, 0.2) is 0 Å². The van der Waals surface area contributed by atoms with E-state index in [1.807, 2.05) is 0 Å². The first kappa shape index (κ1) is 20.2. The zero-order valence-corrected chi connectivity index (χ0v) is 18.7. The molecule has 31 heavy (non-hydrogen) atoms. The molecule has 2 aromatic carbocycles. The largest absolute Gasteiger partial charge is 0.493 e. The molecule has 1 N–H and O–H groups in total. The van der Waals surface area contributed by atoms with Crippen molar-refractivity contribution in [2.45, 2.75) is 38.5 Å². The van der Waals surface area contributed by atoms with Crippen LogP contribution in [-0.2, 0) is 5.41 Å². The molecule has 0 bridgehead atoms. The Morgan fingerprint density at radius 2 is 1.74 bits per heavy atom. The Kier molecular flexibility index (Phi) is 5.24. The molecule has 0 atom stereocenters. The van der Waals surface area contributed by atoms with Gasteiger partial charge in [-0.1, -0.05) is 41.7 Å². The Labute approximate surface area is 186 Å². The first-order valence-electron chi connectivity index (χ1n) is 10.8. The third-order valence-corrected chi connectivity index (χ3v) is 7.09. The fraction of sp³-hybridized carbons (Fsp3) is 0.308. The molecule has 0 radical (unpaired) electrons. The maximum absolute atomic E-state index is 8.99. The lowest BCUT2D eigenvalue weighted by atomic mass is 9.92. The number of ether oxygens (including phenoxy) is 1. The monoisotopic (exact) mass is 430 g/mol. The van der Waals surface area contributed by atoms with Gasteiger partial charge < -0.3 is 9.84 Å². The predicted molar refractivity (Wildman–Crippen MR) is 126 cm³/mol. The van der Waals surface area contributed by atoms with E-state index in [1.165, 1.54) is 5.56 Å². The summed E-state index contributed by atoms with van der Waals surface area (Å²) in [6.45, 7) is 4.79. The van der Waals surface area contributed by atoms with Crippen molar-refractivity contribution in [3.63, 3.8) is 0 Å². The molecule has 2 aromatic heterocycles. The van der Waals surface area contributed by atoms with E-state index >= 15 is 0 Å². The fourth-order valence-electron chi connectivity index (χ4n) is 4.32. The average Bonchev–Trinajstić information content (AvgIpc) is 3.48. The molecule has 2 heterocycles. The standard InChI is InChI=1S/C26H26N2O2S/c1-17-15-19(16-18(2)23(17)30-14-6-13-29)24-27-21-9-10-22(28-25(21)31-24)26(11-12-26)20-7-4-3-5-8-20/h3-5,7-10,15-16,29H,6,11-14H2,1-2H3. The molecule has 0 aliphatic heterocycles. The number of aliphatic hydroxyl groups is 1. The van der Waals surface area contributed by atoms with Crippen molar-refractivity contribution in [3.8, 4) is 16.3 Å². The quantitative estimate of drug-likeness (QED) is 0.376. The molecule has 1 fully saturated rings. The van der Waals surface area contributed by atoms with E-state index in [4.69, 9.17) is 19.8 Å². The lowest BCUT2D eigenvalue weighted by Crippen LogP contribution is -2.10. The van der Waals surface area contributed by atoms with Gasteiger partial charge in [-0.3, -0.25) is 0 Å². The maximum Gasteiger partial charge on any atom is 0.144 e. The van der Waals surface area contributed by atoms with Gasteiger partial charge in [0, 0.05) is 24.0 Å². The number of hydrogen-bond donors (Lipinski definition) is 1. The summed E-state index contributed by atoms with van der Waals surface area (Å²) in [4.78, 5) is 10.9. The van der Waals surface area contributed by atoms with Gasteiger partial charge in [0.1, 0.15) is 21.1 Å². The second-order valence-electron chi connectivity index (χ2n) is 8.35. The Morgan fingerprint density at radius 3 is 2.42 bits per heavy atom. The van der Waals surface area contributed by atoms with Crippen LogP contribution >= 0.6 is 11.3 Å². The van der Waals surface area contributed by atoms with E-state index in [0.29, 0.717) is 13.0 Å². The van der Waals surface area contributed by atoms with Gasteiger partial charge in [0.25, 0.3) is 0 Å². The van der Waals surface area contributed by atoms with Crippen LogP contribution in [-0.4, -0.2) is 28.3 Å². The molecular formula is C26H26N2O2S. The first-order chi connectivity index (χ1) is 15.1. The van der Waals surface area contributed by atoms with Crippen LogP contribution in [0.4, 0.5) is 0 Å². The van der Waals surface area contributed by atoms with Gasteiger partial charge in [-0.25, -0.2) is 9.97 Å². The van der Waals surface area contributed by atoms with Gasteiger partial charge in [-0.2, -0.15) is 0 Å². The molecule has 5 heteroatoms. The summed E-state index contributed by atoms with van der Waals surface area (Å²) in [5.41, 5.74) is 6.80. The summed E-state index contributed by atoms with van der Waals surface area (Å²) >= 11 is 1.65. The van der Waals surface area contributed by atoms with Gasteiger partial charge in [0.2, 0.25) is 0 Å². The number of aliphatic hydroxyl groups excluding tert-OH is 1. The molecule has 4 aromatic rings. The Hall–Kier alpha value is -2.76. The van der Waals surface area contributed by atoms with Crippen LogP contribution < -0.4 is 4.74 Å². The number of thiazole rings is 1. The number of aromatic nitrogens is 2. The molecule has 0 saturated heterocycles. The summed E-state index contributed by atoms with van der Waals surface area (Å²) in [5.74, 6) is 0.900. The van der Waals surface area contributed by atoms with E-state index in [-0.39, 0.29) is 12.0 Å². The topological polar surface area (TPSA) is 55.2 Å². The normalized spacial score (nSPS) is 14.7. The second kappa shape index (κ2) is 8.06. The fourth-order valence-corrected chi connectivity index (χ4v) is 5.25. The van der Waals surface area contributed by atoms with Crippen LogP contribution in [0.3, 0.4) is 0 Å². The van der Waals surface area contributed by atoms with Crippen LogP contribution in [0.2, 0.25) is 0 Å². The first-order valence-corrected chi connectivity index (χ1v) is 11.6. The highest BCUT2D eigenvalue weighted by Gasteiger charge is 2.47. The van der Waals surface area contributed by atoms with Gasteiger partial charge in [0.05, 0.1) is 12.3 Å². The van der Waals surface area contributed by atoms with Crippen LogP contribution in [0.1, 0.15) is 41.6 Å². The van der Waals surface area contributed by atoms with Crippen LogP contribution in [0.5, 0.6) is 5.75 Å². The molecular weight excluding hydrogens is 404 g/mol. The van der Waals surface area contributed by atoms with Crippen molar-refractivity contribution in [2.24, 2.45) is 0 Å². The van der Waals surface area contributed by atoms with Crippen molar-refractivity contribution < 1.29 is 9.84 Å². The lowest BCUT2D eigenvalue weighted by molar-refractivity contribution is 0.232. The third-order valence-electron chi connectivity index (χ3n) is 6.08. The van der Waals surface area contributed by atoms with E-state index in [0.717, 1.165) is 56.3 Å². The zero-order chi connectivity index (χ0) is 21.4. The molecule has 0 unspecified atom stereocenters. The minimum Gasteiger partial charge on any atom is -0.493 e. The summed E-state index contributed by atoms with van der Waals surface area (Å²) in [6, 6.07) is 19.3. The highest BCUT2D eigenvalue weighted by Crippen LogP contribution is 2.53. The van der Waals surface area contributed by atoms with Gasteiger partial charge >= 0.3 is 0 Å². The number of rotatable bonds is 7. The second-order valence-corrected chi connectivity index (χ2v) is 9.33. The number of benzene rings is 2. The molecule has 0 amide bonds. The Bertz CT molecular complexity index is 1210. The van der Waals surface area contributed by atoms with E-state index < -0.39 is 0 Å². The van der Waals surface area contributed by atoms with Crippen molar-refractivity contribution in [1.29, 1.82) is 0 Å². The molecule has 1 aliphatic rings.